The van der Waals surface area contributed by atoms with Crippen LogP contribution < -0.4 is 10.2 Å². The second-order valence-electron chi connectivity index (χ2n) is 7.92. The predicted molar refractivity (Wildman–Crippen MR) is 108 cm³/mol. The first-order valence-corrected chi connectivity index (χ1v) is 10.4. The first kappa shape index (κ1) is 18.8. The highest BCUT2D eigenvalue weighted by Gasteiger charge is 2.26. The molecule has 0 bridgehead atoms. The molecule has 2 amide bonds. The third kappa shape index (κ3) is 3.98. The molecule has 0 unspecified atom stereocenters. The molecule has 1 saturated carbocycles. The Morgan fingerprint density at radius 2 is 1.96 bits per heavy atom. The van der Waals surface area contributed by atoms with Crippen LogP contribution in [0.3, 0.4) is 0 Å². The lowest BCUT2D eigenvalue weighted by molar-refractivity contribution is -0.125. The molecule has 0 saturated heterocycles. The number of fused-ring (bicyclic) bond motifs is 1. The minimum atomic E-state index is -0.00438. The topological polar surface area (TPSA) is 72.2 Å². The Morgan fingerprint density at radius 3 is 2.71 bits per heavy atom. The Bertz CT molecular complexity index is 847. The maximum atomic E-state index is 12.8. The van der Waals surface area contributed by atoms with E-state index in [1.54, 1.807) is 4.90 Å². The lowest BCUT2D eigenvalue weighted by Crippen LogP contribution is -2.39. The van der Waals surface area contributed by atoms with Gasteiger partial charge in [-0.25, -0.2) is 4.68 Å². The van der Waals surface area contributed by atoms with Gasteiger partial charge in [-0.1, -0.05) is 19.3 Å². The van der Waals surface area contributed by atoms with E-state index in [1.807, 2.05) is 40.7 Å². The highest BCUT2D eigenvalue weighted by molar-refractivity contribution is 5.95. The number of rotatable bonds is 5. The average Bonchev–Trinajstić information content (AvgIpc) is 3.32. The van der Waals surface area contributed by atoms with Crippen LogP contribution in [0.5, 0.6) is 0 Å². The summed E-state index contributed by atoms with van der Waals surface area (Å²) in [5.74, 6) is 0.827. The molecule has 2 aliphatic rings. The van der Waals surface area contributed by atoms with Gasteiger partial charge in [0.05, 0.1) is 5.69 Å². The Balaban J connectivity index is 1.38. The number of aryl methyl sites for hydroxylation is 2. The minimum absolute atomic E-state index is 0.00178. The average molecular weight is 383 g/mol. The van der Waals surface area contributed by atoms with E-state index >= 15 is 0 Å². The van der Waals surface area contributed by atoms with Crippen molar-refractivity contribution in [1.29, 1.82) is 0 Å². The van der Waals surface area contributed by atoms with E-state index in [4.69, 9.17) is 0 Å². The summed E-state index contributed by atoms with van der Waals surface area (Å²) in [7, 11) is 1.99. The van der Waals surface area contributed by atoms with Crippen LogP contribution in [-0.2, 0) is 23.2 Å². The van der Waals surface area contributed by atoms with Crippen molar-refractivity contribution in [3.63, 3.8) is 0 Å². The monoisotopic (exact) mass is 383 g/mol. The maximum Gasteiger partial charge on any atom is 0.228 e. The van der Waals surface area contributed by atoms with Crippen LogP contribution in [0.4, 0.5) is 5.82 Å². The summed E-state index contributed by atoms with van der Waals surface area (Å²) < 4.78 is 3.93. The molecule has 2 aromatic heterocycles. The quantitative estimate of drug-likeness (QED) is 0.863. The molecule has 1 fully saturated rings. The van der Waals surface area contributed by atoms with Crippen molar-refractivity contribution in [2.24, 2.45) is 7.05 Å². The van der Waals surface area contributed by atoms with Crippen molar-refractivity contribution in [2.45, 2.75) is 64.0 Å². The number of anilines is 1. The minimum Gasteiger partial charge on any atom is -0.353 e. The molecule has 0 radical (unpaired) electrons. The summed E-state index contributed by atoms with van der Waals surface area (Å²) >= 11 is 0. The van der Waals surface area contributed by atoms with Gasteiger partial charge >= 0.3 is 0 Å². The van der Waals surface area contributed by atoms with Gasteiger partial charge in [-0.15, -0.1) is 0 Å². The number of nitrogens with one attached hydrogen (secondary N) is 1. The third-order valence-electron chi connectivity index (χ3n) is 5.83. The van der Waals surface area contributed by atoms with Crippen LogP contribution in [0, 0.1) is 0 Å². The molecular formula is C21H29N5O2. The van der Waals surface area contributed by atoms with Crippen molar-refractivity contribution < 1.29 is 9.59 Å². The molecular weight excluding hydrogens is 354 g/mol. The van der Waals surface area contributed by atoms with E-state index in [2.05, 4.69) is 10.4 Å². The molecule has 0 atom stereocenters. The second kappa shape index (κ2) is 8.20. The van der Waals surface area contributed by atoms with Gasteiger partial charge in [0.25, 0.3) is 0 Å². The fraction of sp³-hybridized carbons (Fsp3) is 0.571. The summed E-state index contributed by atoms with van der Waals surface area (Å²) in [6.45, 7) is 1.49. The number of aromatic nitrogens is 3. The molecule has 3 heterocycles. The van der Waals surface area contributed by atoms with Gasteiger partial charge < -0.3 is 9.88 Å². The zero-order valence-corrected chi connectivity index (χ0v) is 16.6. The Morgan fingerprint density at radius 1 is 1.14 bits per heavy atom. The van der Waals surface area contributed by atoms with Crippen LogP contribution in [-0.4, -0.2) is 38.7 Å². The first-order chi connectivity index (χ1) is 13.6. The lowest BCUT2D eigenvalue weighted by Gasteiger charge is -2.27. The van der Waals surface area contributed by atoms with E-state index in [-0.39, 0.29) is 24.7 Å². The van der Waals surface area contributed by atoms with Gasteiger partial charge in [-0.2, -0.15) is 5.10 Å². The van der Waals surface area contributed by atoms with Gasteiger partial charge in [0.1, 0.15) is 11.5 Å². The molecule has 1 aliphatic heterocycles. The molecule has 1 N–H and O–H groups in total. The summed E-state index contributed by atoms with van der Waals surface area (Å²) in [6.07, 6.45) is 9.12. The Labute approximate surface area is 165 Å². The predicted octanol–water partition coefficient (Wildman–Crippen LogP) is 2.85. The van der Waals surface area contributed by atoms with Crippen molar-refractivity contribution >= 4 is 17.6 Å². The fourth-order valence-electron chi connectivity index (χ4n) is 4.29. The zero-order valence-electron chi connectivity index (χ0n) is 16.6. The van der Waals surface area contributed by atoms with Crippen LogP contribution in [0.15, 0.2) is 24.4 Å². The number of carbonyl (C=O) groups excluding carboxylic acids is 2. The molecule has 4 rings (SSSR count). The molecule has 2 aromatic rings. The van der Waals surface area contributed by atoms with Crippen LogP contribution in [0.1, 0.15) is 51.4 Å². The molecule has 7 nitrogen and oxygen atoms in total. The molecule has 0 spiro atoms. The Kier molecular flexibility index (Phi) is 5.50. The highest BCUT2D eigenvalue weighted by atomic mass is 16.2. The van der Waals surface area contributed by atoms with E-state index in [0.29, 0.717) is 12.6 Å². The molecule has 0 aromatic carbocycles. The van der Waals surface area contributed by atoms with Gasteiger partial charge in [-0.3, -0.25) is 14.5 Å². The van der Waals surface area contributed by atoms with Gasteiger partial charge in [0.15, 0.2) is 0 Å². The van der Waals surface area contributed by atoms with E-state index in [0.717, 1.165) is 43.0 Å². The lowest BCUT2D eigenvalue weighted by atomic mass is 9.95. The van der Waals surface area contributed by atoms with Crippen molar-refractivity contribution in [3.8, 4) is 11.4 Å². The Hall–Kier alpha value is -2.57. The molecule has 28 heavy (non-hydrogen) atoms. The van der Waals surface area contributed by atoms with Crippen LogP contribution in [0.2, 0.25) is 0 Å². The number of carbonyl (C=O) groups is 2. The van der Waals surface area contributed by atoms with E-state index in [9.17, 15) is 9.59 Å². The number of nitrogens with zero attached hydrogens (tertiary/aromatic N) is 4. The van der Waals surface area contributed by atoms with Gasteiger partial charge in [0, 0.05) is 51.3 Å². The van der Waals surface area contributed by atoms with Crippen LogP contribution in [0.25, 0.3) is 11.4 Å². The zero-order chi connectivity index (χ0) is 19.5. The highest BCUT2D eigenvalue weighted by Crippen LogP contribution is 2.28. The largest absolute Gasteiger partial charge is 0.353 e. The second-order valence-corrected chi connectivity index (χ2v) is 7.92. The normalized spacial score (nSPS) is 17.4. The number of amides is 2. The van der Waals surface area contributed by atoms with E-state index < -0.39 is 0 Å². The van der Waals surface area contributed by atoms with Crippen molar-refractivity contribution in [3.05, 3.63) is 24.4 Å². The summed E-state index contributed by atoms with van der Waals surface area (Å²) in [6, 6.07) is 6.28. The summed E-state index contributed by atoms with van der Waals surface area (Å²) in [4.78, 5) is 26.8. The first-order valence-electron chi connectivity index (χ1n) is 10.4. The van der Waals surface area contributed by atoms with Crippen molar-refractivity contribution in [1.82, 2.24) is 19.7 Å². The van der Waals surface area contributed by atoms with Crippen molar-refractivity contribution in [2.75, 3.05) is 11.4 Å². The fourth-order valence-corrected chi connectivity index (χ4v) is 4.29. The van der Waals surface area contributed by atoms with Crippen LogP contribution >= 0.6 is 0 Å². The number of hydrogen-bond donors (Lipinski definition) is 1. The van der Waals surface area contributed by atoms with Gasteiger partial charge in [0.2, 0.25) is 11.8 Å². The standard InChI is InChI=1S/C21H29N5O2/c1-24-12-5-9-18(24)17-15-20-25(13-6-14-26(20)23-17)21(28)11-10-19(27)22-16-7-3-2-4-8-16/h5,9,12,15-16H,2-4,6-8,10-11,13-14H2,1H3,(H,22,27). The van der Waals surface area contributed by atoms with Gasteiger partial charge in [-0.05, 0) is 31.4 Å². The summed E-state index contributed by atoms with van der Waals surface area (Å²) in [5.41, 5.74) is 1.90. The molecule has 7 heteroatoms. The molecule has 150 valence electrons. The maximum absolute atomic E-state index is 12.8. The molecule has 1 aliphatic carbocycles. The number of hydrogen-bond acceptors (Lipinski definition) is 3. The van der Waals surface area contributed by atoms with E-state index in [1.165, 1.54) is 19.3 Å². The summed E-state index contributed by atoms with van der Waals surface area (Å²) in [5, 5.41) is 7.78. The third-order valence-corrected chi connectivity index (χ3v) is 5.83. The SMILES string of the molecule is Cn1cccc1-c1cc2n(n1)CCCN2C(=O)CCC(=O)NC1CCCCC1. The smallest absolute Gasteiger partial charge is 0.228 e.